The zero-order valence-electron chi connectivity index (χ0n) is 13.7. The average molecular weight is 324 g/mol. The van der Waals surface area contributed by atoms with Crippen LogP contribution in [0.2, 0.25) is 0 Å². The van der Waals surface area contributed by atoms with E-state index in [1.165, 1.54) is 0 Å². The number of pyridine rings is 1. The SMILES string of the molecule is CC(C)C1C(C(=O)O)c2ccccc2C(=O)N1Cc1cccnc1. The van der Waals surface area contributed by atoms with Crippen molar-refractivity contribution < 1.29 is 14.7 Å². The van der Waals surface area contributed by atoms with Crippen LogP contribution >= 0.6 is 0 Å². The van der Waals surface area contributed by atoms with E-state index in [9.17, 15) is 14.7 Å². The number of fused-ring (bicyclic) bond motifs is 1. The number of hydrogen-bond donors (Lipinski definition) is 1. The number of amides is 1. The molecule has 0 fully saturated rings. The smallest absolute Gasteiger partial charge is 0.313 e. The molecule has 24 heavy (non-hydrogen) atoms. The van der Waals surface area contributed by atoms with Gasteiger partial charge < -0.3 is 10.0 Å². The van der Waals surface area contributed by atoms with Gasteiger partial charge in [-0.2, -0.15) is 0 Å². The van der Waals surface area contributed by atoms with Crippen molar-refractivity contribution >= 4 is 11.9 Å². The number of carboxylic acids is 1. The summed E-state index contributed by atoms with van der Waals surface area (Å²) in [4.78, 5) is 30.8. The largest absolute Gasteiger partial charge is 0.481 e. The quantitative estimate of drug-likeness (QED) is 0.939. The Balaban J connectivity index is 2.10. The van der Waals surface area contributed by atoms with Crippen molar-refractivity contribution in [2.24, 2.45) is 5.92 Å². The van der Waals surface area contributed by atoms with Crippen LogP contribution in [0.3, 0.4) is 0 Å². The normalized spacial score (nSPS) is 20.1. The van der Waals surface area contributed by atoms with Crippen LogP contribution in [0.15, 0.2) is 48.8 Å². The molecule has 1 aromatic carbocycles. The summed E-state index contributed by atoms with van der Waals surface area (Å²) in [5.74, 6) is -1.73. The second-order valence-electron chi connectivity index (χ2n) is 6.43. The molecule has 0 radical (unpaired) electrons. The van der Waals surface area contributed by atoms with Crippen LogP contribution in [0.25, 0.3) is 0 Å². The summed E-state index contributed by atoms with van der Waals surface area (Å²) in [5.41, 5.74) is 1.97. The first-order chi connectivity index (χ1) is 11.5. The number of aliphatic carboxylic acids is 1. The van der Waals surface area contributed by atoms with Gasteiger partial charge in [0.2, 0.25) is 0 Å². The summed E-state index contributed by atoms with van der Waals surface area (Å²) >= 11 is 0. The maximum atomic E-state index is 13.0. The molecule has 2 heterocycles. The van der Waals surface area contributed by atoms with Gasteiger partial charge in [0, 0.05) is 24.5 Å². The molecule has 0 bridgehead atoms. The third-order valence-corrected chi connectivity index (χ3v) is 4.51. The summed E-state index contributed by atoms with van der Waals surface area (Å²) in [7, 11) is 0. The van der Waals surface area contributed by atoms with Crippen LogP contribution in [0.1, 0.15) is 41.3 Å². The zero-order chi connectivity index (χ0) is 17.3. The minimum absolute atomic E-state index is 0.0140. The van der Waals surface area contributed by atoms with Crippen LogP contribution < -0.4 is 0 Å². The van der Waals surface area contributed by atoms with Gasteiger partial charge in [0.15, 0.2) is 0 Å². The fourth-order valence-electron chi connectivity index (χ4n) is 3.51. The summed E-state index contributed by atoms with van der Waals surface area (Å²) in [6.07, 6.45) is 3.39. The van der Waals surface area contributed by atoms with Crippen molar-refractivity contribution in [2.75, 3.05) is 0 Å². The molecule has 1 aliphatic rings. The molecule has 0 saturated carbocycles. The molecular formula is C19H20N2O3. The molecule has 1 amide bonds. The number of hydrogen-bond acceptors (Lipinski definition) is 3. The van der Waals surface area contributed by atoms with Gasteiger partial charge in [-0.1, -0.05) is 38.1 Å². The van der Waals surface area contributed by atoms with Crippen molar-refractivity contribution in [2.45, 2.75) is 32.4 Å². The Morgan fingerprint density at radius 3 is 2.62 bits per heavy atom. The molecule has 0 aliphatic carbocycles. The lowest BCUT2D eigenvalue weighted by Gasteiger charge is -2.42. The zero-order valence-corrected chi connectivity index (χ0v) is 13.7. The second kappa shape index (κ2) is 6.43. The molecule has 1 N–H and O–H groups in total. The lowest BCUT2D eigenvalue weighted by atomic mass is 9.78. The van der Waals surface area contributed by atoms with Gasteiger partial charge >= 0.3 is 5.97 Å². The molecular weight excluding hydrogens is 304 g/mol. The predicted molar refractivity (Wildman–Crippen MR) is 89.6 cm³/mol. The Morgan fingerprint density at radius 1 is 1.25 bits per heavy atom. The number of carboxylic acid groups (broad SMARTS) is 1. The van der Waals surface area contributed by atoms with E-state index in [0.29, 0.717) is 17.7 Å². The van der Waals surface area contributed by atoms with E-state index >= 15 is 0 Å². The number of carbonyl (C=O) groups is 2. The Morgan fingerprint density at radius 2 is 2.00 bits per heavy atom. The molecule has 3 rings (SSSR count). The highest BCUT2D eigenvalue weighted by Crippen LogP contribution is 2.37. The van der Waals surface area contributed by atoms with Crippen molar-refractivity contribution in [3.63, 3.8) is 0 Å². The van der Waals surface area contributed by atoms with E-state index in [1.807, 2.05) is 26.0 Å². The van der Waals surface area contributed by atoms with Crippen LogP contribution in [0.5, 0.6) is 0 Å². The summed E-state index contributed by atoms with van der Waals surface area (Å²) in [5, 5.41) is 9.82. The monoisotopic (exact) mass is 324 g/mol. The second-order valence-corrected chi connectivity index (χ2v) is 6.43. The van der Waals surface area contributed by atoms with E-state index in [4.69, 9.17) is 0 Å². The number of aromatic nitrogens is 1. The Hall–Kier alpha value is -2.69. The van der Waals surface area contributed by atoms with Crippen LogP contribution in [-0.2, 0) is 11.3 Å². The third-order valence-electron chi connectivity index (χ3n) is 4.51. The maximum Gasteiger partial charge on any atom is 0.313 e. The van der Waals surface area contributed by atoms with Gasteiger partial charge in [0.1, 0.15) is 5.92 Å². The lowest BCUT2D eigenvalue weighted by Crippen LogP contribution is -2.52. The van der Waals surface area contributed by atoms with E-state index in [-0.39, 0.29) is 11.8 Å². The number of carbonyl (C=O) groups excluding carboxylic acids is 1. The number of rotatable bonds is 4. The van der Waals surface area contributed by atoms with Crippen molar-refractivity contribution in [3.8, 4) is 0 Å². The summed E-state index contributed by atoms with van der Waals surface area (Å²) in [6.45, 7) is 4.27. The Kier molecular flexibility index (Phi) is 4.34. The van der Waals surface area contributed by atoms with Crippen LogP contribution in [0.4, 0.5) is 0 Å². The molecule has 124 valence electrons. The van der Waals surface area contributed by atoms with Gasteiger partial charge in [-0.15, -0.1) is 0 Å². The molecule has 5 heteroatoms. The summed E-state index contributed by atoms with van der Waals surface area (Å²) < 4.78 is 0. The van der Waals surface area contributed by atoms with E-state index < -0.39 is 17.9 Å². The highest BCUT2D eigenvalue weighted by Gasteiger charge is 2.44. The third kappa shape index (κ3) is 2.77. The van der Waals surface area contributed by atoms with Crippen molar-refractivity contribution in [1.82, 2.24) is 9.88 Å². The minimum Gasteiger partial charge on any atom is -0.481 e. The lowest BCUT2D eigenvalue weighted by molar-refractivity contribution is -0.141. The van der Waals surface area contributed by atoms with E-state index in [0.717, 1.165) is 5.56 Å². The first kappa shape index (κ1) is 16.2. The molecule has 0 saturated heterocycles. The highest BCUT2D eigenvalue weighted by atomic mass is 16.4. The molecule has 2 unspecified atom stereocenters. The number of benzene rings is 1. The topological polar surface area (TPSA) is 70.5 Å². The Bertz CT molecular complexity index is 758. The van der Waals surface area contributed by atoms with Gasteiger partial charge in [0.05, 0.1) is 6.04 Å². The number of nitrogens with zero attached hydrogens (tertiary/aromatic N) is 2. The van der Waals surface area contributed by atoms with Gasteiger partial charge in [-0.25, -0.2) is 0 Å². The average Bonchev–Trinajstić information content (AvgIpc) is 2.57. The molecule has 1 aromatic heterocycles. The summed E-state index contributed by atoms with van der Waals surface area (Å²) in [6, 6.07) is 10.3. The first-order valence-electron chi connectivity index (χ1n) is 8.02. The standard InChI is InChI=1S/C19H20N2O3/c1-12(2)17-16(19(23)24)14-7-3-4-8-15(14)18(22)21(17)11-13-6-5-9-20-10-13/h3-10,12,16-17H,11H2,1-2H3,(H,23,24). The van der Waals surface area contributed by atoms with E-state index in [1.54, 1.807) is 41.6 Å². The van der Waals surface area contributed by atoms with E-state index in [2.05, 4.69) is 4.98 Å². The van der Waals surface area contributed by atoms with Gasteiger partial charge in [-0.05, 0) is 29.2 Å². The highest BCUT2D eigenvalue weighted by molar-refractivity contribution is 6.00. The maximum absolute atomic E-state index is 13.0. The molecule has 2 atom stereocenters. The molecule has 1 aliphatic heterocycles. The molecule has 2 aromatic rings. The fraction of sp³-hybridized carbons (Fsp3) is 0.316. The molecule has 0 spiro atoms. The minimum atomic E-state index is -0.898. The first-order valence-corrected chi connectivity index (χ1v) is 8.02. The molecule has 5 nitrogen and oxygen atoms in total. The fourth-order valence-corrected chi connectivity index (χ4v) is 3.51. The Labute approximate surface area is 140 Å². The van der Waals surface area contributed by atoms with Crippen molar-refractivity contribution in [1.29, 1.82) is 0 Å². The van der Waals surface area contributed by atoms with Gasteiger partial charge in [0.25, 0.3) is 5.91 Å². The van der Waals surface area contributed by atoms with Gasteiger partial charge in [-0.3, -0.25) is 14.6 Å². The predicted octanol–water partition coefficient (Wildman–Crippen LogP) is 2.93. The van der Waals surface area contributed by atoms with Crippen molar-refractivity contribution in [3.05, 3.63) is 65.5 Å². The van der Waals surface area contributed by atoms with Crippen LogP contribution in [0, 0.1) is 5.92 Å². The van der Waals surface area contributed by atoms with Crippen LogP contribution in [-0.4, -0.2) is 32.9 Å².